The number of amidine groups is 1. The Hall–Kier alpha value is -0.860. The molecule has 3 nitrogen and oxygen atoms in total. The molecule has 1 aliphatic heterocycles. The SMILES string of the molecule is CC1(C)C(N=C2CC3(CCCC3)C(=O)N2)C1(C)C. The summed E-state index contributed by atoms with van der Waals surface area (Å²) < 4.78 is 0. The van der Waals surface area contributed by atoms with Gasteiger partial charge in [0.05, 0.1) is 11.5 Å². The Kier molecular flexibility index (Phi) is 2.28. The zero-order valence-corrected chi connectivity index (χ0v) is 12.0. The Morgan fingerprint density at radius 3 is 2.17 bits per heavy atom. The number of hydrogen-bond acceptors (Lipinski definition) is 2. The summed E-state index contributed by atoms with van der Waals surface area (Å²) in [5.41, 5.74) is 0.425. The molecule has 2 aliphatic carbocycles. The number of hydrogen-bond donors (Lipinski definition) is 1. The zero-order chi connectivity index (χ0) is 13.2. The van der Waals surface area contributed by atoms with E-state index in [1.54, 1.807) is 0 Å². The molecule has 2 saturated carbocycles. The molecule has 0 unspecified atom stereocenters. The molecular weight excluding hydrogens is 224 g/mol. The van der Waals surface area contributed by atoms with Crippen LogP contribution in [0.4, 0.5) is 0 Å². The number of carbonyl (C=O) groups excluding carboxylic acids is 1. The van der Waals surface area contributed by atoms with Crippen LogP contribution in [-0.2, 0) is 4.79 Å². The van der Waals surface area contributed by atoms with Crippen LogP contribution >= 0.6 is 0 Å². The van der Waals surface area contributed by atoms with Crippen molar-refractivity contribution in [3.05, 3.63) is 0 Å². The molecular formula is C15H24N2O. The van der Waals surface area contributed by atoms with Crippen LogP contribution in [0.25, 0.3) is 0 Å². The van der Waals surface area contributed by atoms with E-state index in [1.807, 2.05) is 0 Å². The molecule has 0 atom stereocenters. The standard InChI is InChI=1S/C15H24N2O/c1-13(2)11(14(13,3)4)16-10-9-15(12(18)17-10)7-5-6-8-15/h11H,5-9H2,1-4H3,(H,16,17,18). The van der Waals surface area contributed by atoms with Crippen LogP contribution in [0.1, 0.15) is 59.8 Å². The van der Waals surface area contributed by atoms with Gasteiger partial charge >= 0.3 is 0 Å². The quantitative estimate of drug-likeness (QED) is 0.761. The second kappa shape index (κ2) is 3.37. The predicted octanol–water partition coefficient (Wildman–Crippen LogP) is 2.90. The summed E-state index contributed by atoms with van der Waals surface area (Å²) in [6.45, 7) is 9.07. The second-order valence-corrected chi connectivity index (χ2v) is 7.54. The van der Waals surface area contributed by atoms with Crippen LogP contribution in [0.2, 0.25) is 0 Å². The molecule has 18 heavy (non-hydrogen) atoms. The van der Waals surface area contributed by atoms with Gasteiger partial charge in [-0.05, 0) is 23.7 Å². The van der Waals surface area contributed by atoms with Gasteiger partial charge in [-0.2, -0.15) is 0 Å². The van der Waals surface area contributed by atoms with Crippen LogP contribution < -0.4 is 5.32 Å². The third-order valence-electron chi connectivity index (χ3n) is 6.04. The fraction of sp³-hybridized carbons (Fsp3) is 0.867. The molecule has 0 aromatic carbocycles. The van der Waals surface area contributed by atoms with E-state index in [2.05, 4.69) is 33.0 Å². The van der Waals surface area contributed by atoms with E-state index in [1.165, 1.54) is 12.8 Å². The Balaban J connectivity index is 1.79. The Bertz CT molecular complexity index is 414. The third kappa shape index (κ3) is 1.42. The lowest BCUT2D eigenvalue weighted by molar-refractivity contribution is -0.127. The summed E-state index contributed by atoms with van der Waals surface area (Å²) in [7, 11) is 0. The molecule has 0 bridgehead atoms. The number of nitrogens with one attached hydrogen (secondary N) is 1. The smallest absolute Gasteiger partial charge is 0.231 e. The van der Waals surface area contributed by atoms with Gasteiger partial charge in [-0.1, -0.05) is 40.5 Å². The lowest BCUT2D eigenvalue weighted by atomic mass is 9.84. The van der Waals surface area contributed by atoms with E-state index < -0.39 is 0 Å². The fourth-order valence-corrected chi connectivity index (χ4v) is 3.88. The van der Waals surface area contributed by atoms with Crippen LogP contribution in [0.15, 0.2) is 4.99 Å². The summed E-state index contributed by atoms with van der Waals surface area (Å²) in [6, 6.07) is 0.358. The van der Waals surface area contributed by atoms with E-state index in [4.69, 9.17) is 4.99 Å². The molecule has 100 valence electrons. The molecule has 1 heterocycles. The lowest BCUT2D eigenvalue weighted by Gasteiger charge is -2.16. The van der Waals surface area contributed by atoms with Crippen LogP contribution in [0.3, 0.4) is 0 Å². The average Bonchev–Trinajstić information content (AvgIpc) is 2.74. The van der Waals surface area contributed by atoms with Crippen molar-refractivity contribution >= 4 is 11.7 Å². The van der Waals surface area contributed by atoms with Crippen molar-refractivity contribution in [2.75, 3.05) is 0 Å². The molecule has 1 spiro atoms. The van der Waals surface area contributed by atoms with Crippen LogP contribution in [-0.4, -0.2) is 17.8 Å². The van der Waals surface area contributed by atoms with Gasteiger partial charge in [-0.3, -0.25) is 9.79 Å². The molecule has 0 aromatic rings. The first-order valence-electron chi connectivity index (χ1n) is 7.18. The first-order valence-corrected chi connectivity index (χ1v) is 7.18. The summed E-state index contributed by atoms with van der Waals surface area (Å²) >= 11 is 0. The average molecular weight is 248 g/mol. The summed E-state index contributed by atoms with van der Waals surface area (Å²) in [5, 5.41) is 3.04. The van der Waals surface area contributed by atoms with E-state index in [-0.39, 0.29) is 22.2 Å². The third-order valence-corrected chi connectivity index (χ3v) is 6.04. The van der Waals surface area contributed by atoms with Gasteiger partial charge in [-0.25, -0.2) is 0 Å². The van der Waals surface area contributed by atoms with Crippen molar-refractivity contribution in [2.24, 2.45) is 21.2 Å². The highest BCUT2D eigenvalue weighted by atomic mass is 16.2. The van der Waals surface area contributed by atoms with Crippen LogP contribution in [0.5, 0.6) is 0 Å². The van der Waals surface area contributed by atoms with Crippen molar-refractivity contribution in [1.29, 1.82) is 0 Å². The highest BCUT2D eigenvalue weighted by molar-refractivity contribution is 6.08. The largest absolute Gasteiger partial charge is 0.314 e. The number of amides is 1. The Morgan fingerprint density at radius 1 is 1.11 bits per heavy atom. The van der Waals surface area contributed by atoms with E-state index in [0.29, 0.717) is 6.04 Å². The maximum absolute atomic E-state index is 12.1. The number of aliphatic imine (C=N–C) groups is 1. The molecule has 1 amide bonds. The second-order valence-electron chi connectivity index (χ2n) is 7.54. The first kappa shape index (κ1) is 12.2. The summed E-state index contributed by atoms with van der Waals surface area (Å²) in [6.07, 6.45) is 5.35. The Labute approximate surface area is 109 Å². The predicted molar refractivity (Wildman–Crippen MR) is 72.4 cm³/mol. The first-order chi connectivity index (χ1) is 8.30. The van der Waals surface area contributed by atoms with Crippen molar-refractivity contribution < 1.29 is 4.79 Å². The Morgan fingerprint density at radius 2 is 1.67 bits per heavy atom. The van der Waals surface area contributed by atoms with Gasteiger partial charge in [0.2, 0.25) is 5.91 Å². The molecule has 1 N–H and O–H groups in total. The molecule has 1 saturated heterocycles. The fourth-order valence-electron chi connectivity index (χ4n) is 3.88. The summed E-state index contributed by atoms with van der Waals surface area (Å²) in [4.78, 5) is 17.0. The highest BCUT2D eigenvalue weighted by Crippen LogP contribution is 2.64. The minimum Gasteiger partial charge on any atom is -0.314 e. The number of carbonyl (C=O) groups is 1. The van der Waals surface area contributed by atoms with Crippen LogP contribution in [0, 0.1) is 16.2 Å². The molecule has 3 aliphatic rings. The van der Waals surface area contributed by atoms with Gasteiger partial charge in [0.15, 0.2) is 0 Å². The van der Waals surface area contributed by atoms with Gasteiger partial charge < -0.3 is 5.32 Å². The minimum atomic E-state index is -0.0952. The monoisotopic (exact) mass is 248 g/mol. The molecule has 0 aromatic heterocycles. The minimum absolute atomic E-state index is 0.0952. The van der Waals surface area contributed by atoms with Gasteiger partial charge in [0, 0.05) is 6.42 Å². The van der Waals surface area contributed by atoms with Crippen molar-refractivity contribution in [2.45, 2.75) is 65.8 Å². The lowest BCUT2D eigenvalue weighted by Crippen LogP contribution is -2.29. The maximum Gasteiger partial charge on any atom is 0.231 e. The normalized spacial score (nSPS) is 34.2. The molecule has 3 rings (SSSR count). The topological polar surface area (TPSA) is 41.5 Å². The van der Waals surface area contributed by atoms with Gasteiger partial charge in [0.25, 0.3) is 0 Å². The summed E-state index contributed by atoms with van der Waals surface area (Å²) in [5.74, 6) is 1.18. The zero-order valence-electron chi connectivity index (χ0n) is 12.0. The van der Waals surface area contributed by atoms with E-state index in [9.17, 15) is 4.79 Å². The number of rotatable bonds is 1. The van der Waals surface area contributed by atoms with E-state index in [0.717, 1.165) is 25.1 Å². The molecule has 3 heteroatoms. The van der Waals surface area contributed by atoms with Crippen molar-refractivity contribution in [3.8, 4) is 0 Å². The van der Waals surface area contributed by atoms with E-state index >= 15 is 0 Å². The maximum atomic E-state index is 12.1. The van der Waals surface area contributed by atoms with Crippen molar-refractivity contribution in [3.63, 3.8) is 0 Å². The number of nitrogens with zero attached hydrogens (tertiary/aromatic N) is 1. The highest BCUT2D eigenvalue weighted by Gasteiger charge is 2.65. The molecule has 3 fully saturated rings. The van der Waals surface area contributed by atoms with Gasteiger partial charge in [0.1, 0.15) is 5.84 Å². The van der Waals surface area contributed by atoms with Crippen molar-refractivity contribution in [1.82, 2.24) is 5.32 Å². The van der Waals surface area contributed by atoms with Gasteiger partial charge in [-0.15, -0.1) is 0 Å². The molecule has 0 radical (unpaired) electrons.